The fourth-order valence-electron chi connectivity index (χ4n) is 1.78. The summed E-state index contributed by atoms with van der Waals surface area (Å²) in [4.78, 5) is 7.47. The van der Waals surface area contributed by atoms with Gasteiger partial charge in [0, 0.05) is 17.0 Å². The van der Waals surface area contributed by atoms with Crippen LogP contribution in [0.15, 0.2) is 35.8 Å². The number of rotatable bonds is 1. The first-order chi connectivity index (χ1) is 9.47. The summed E-state index contributed by atoms with van der Waals surface area (Å²) in [6.07, 6.45) is -3.33. The molecule has 0 N–H and O–H groups in total. The fraction of sp³-hybridized carbons (Fsp3) is 0.0769. The maximum absolute atomic E-state index is 14.3. The van der Waals surface area contributed by atoms with E-state index in [2.05, 4.69) is 9.97 Å². The molecule has 20 heavy (non-hydrogen) atoms. The van der Waals surface area contributed by atoms with Gasteiger partial charge >= 0.3 is 6.18 Å². The van der Waals surface area contributed by atoms with Crippen LogP contribution in [0.5, 0.6) is 0 Å². The zero-order valence-electron chi connectivity index (χ0n) is 9.78. The lowest BCUT2D eigenvalue weighted by Gasteiger charge is -2.03. The molecule has 2 heterocycles. The second kappa shape index (κ2) is 4.52. The van der Waals surface area contributed by atoms with E-state index in [4.69, 9.17) is 0 Å². The van der Waals surface area contributed by atoms with Crippen molar-refractivity contribution in [2.75, 3.05) is 0 Å². The molecule has 1 aromatic carbocycles. The molecule has 7 heteroatoms. The number of aromatic nitrogens is 2. The molecule has 2 nitrogen and oxygen atoms in total. The molecule has 3 rings (SSSR count). The van der Waals surface area contributed by atoms with Crippen molar-refractivity contribution in [2.24, 2.45) is 0 Å². The molecule has 102 valence electrons. The van der Waals surface area contributed by atoms with Crippen LogP contribution in [-0.2, 0) is 6.18 Å². The quantitative estimate of drug-likeness (QED) is 0.617. The molecule has 0 amide bonds. The number of hydrogen-bond acceptors (Lipinski definition) is 3. The zero-order valence-corrected chi connectivity index (χ0v) is 10.6. The highest BCUT2D eigenvalue weighted by atomic mass is 32.1. The first-order valence-corrected chi connectivity index (χ1v) is 6.41. The van der Waals surface area contributed by atoms with Gasteiger partial charge in [-0.3, -0.25) is 4.98 Å². The lowest BCUT2D eigenvalue weighted by molar-refractivity contribution is -0.140. The largest absolute Gasteiger partial charge is 0.434 e. The van der Waals surface area contributed by atoms with E-state index < -0.39 is 17.7 Å². The lowest BCUT2D eigenvalue weighted by atomic mass is 10.1. The Morgan fingerprint density at radius 3 is 2.55 bits per heavy atom. The number of alkyl halides is 3. The van der Waals surface area contributed by atoms with E-state index in [1.165, 1.54) is 12.3 Å². The third-order valence-corrected chi connectivity index (χ3v) is 3.61. The zero-order chi connectivity index (χ0) is 14.3. The molecular weight excluding hydrogens is 292 g/mol. The topological polar surface area (TPSA) is 25.8 Å². The molecule has 2 aromatic heterocycles. The average molecular weight is 298 g/mol. The summed E-state index contributed by atoms with van der Waals surface area (Å²) in [5.41, 5.74) is -0.601. The Balaban J connectivity index is 2.15. The van der Waals surface area contributed by atoms with Crippen molar-refractivity contribution in [1.29, 1.82) is 0 Å². The molecule has 0 saturated heterocycles. The number of thiazole rings is 1. The monoisotopic (exact) mass is 298 g/mol. The number of benzene rings is 1. The lowest BCUT2D eigenvalue weighted by Crippen LogP contribution is -2.05. The molecule has 0 saturated carbocycles. The Kier molecular flexibility index (Phi) is 2.93. The molecular formula is C13H6F4N2S. The van der Waals surface area contributed by atoms with Crippen LogP contribution in [0.3, 0.4) is 0 Å². The first kappa shape index (κ1) is 13.0. The summed E-state index contributed by atoms with van der Waals surface area (Å²) in [5.74, 6) is -0.612. The highest BCUT2D eigenvalue weighted by Crippen LogP contribution is 2.35. The molecule has 0 aliphatic carbocycles. The SMILES string of the molecule is Fc1c(-c2nc(C(F)(F)F)cs2)cnc2ccccc12. The van der Waals surface area contributed by atoms with Gasteiger partial charge < -0.3 is 0 Å². The standard InChI is InChI=1S/C13H6F4N2S/c14-11-7-3-1-2-4-9(7)18-5-8(11)12-19-10(6-20-12)13(15,16)17/h1-6H. The number of hydrogen-bond donors (Lipinski definition) is 0. The smallest absolute Gasteiger partial charge is 0.255 e. The van der Waals surface area contributed by atoms with E-state index in [0.29, 0.717) is 5.52 Å². The second-order valence-corrected chi connectivity index (χ2v) is 4.90. The van der Waals surface area contributed by atoms with E-state index in [-0.39, 0.29) is 16.0 Å². The van der Waals surface area contributed by atoms with Crippen LogP contribution < -0.4 is 0 Å². The third-order valence-electron chi connectivity index (χ3n) is 2.73. The van der Waals surface area contributed by atoms with Crippen LogP contribution in [0.4, 0.5) is 17.6 Å². The van der Waals surface area contributed by atoms with Crippen molar-refractivity contribution in [3.63, 3.8) is 0 Å². The summed E-state index contributed by atoms with van der Waals surface area (Å²) >= 11 is 0.741. The fourth-order valence-corrected chi connectivity index (χ4v) is 2.61. The molecule has 0 atom stereocenters. The van der Waals surface area contributed by atoms with Gasteiger partial charge in [0.15, 0.2) is 5.69 Å². The minimum absolute atomic E-state index is 0.0239. The van der Waals surface area contributed by atoms with Gasteiger partial charge in [-0.15, -0.1) is 11.3 Å². The summed E-state index contributed by atoms with van der Waals surface area (Å²) in [6.45, 7) is 0. The third kappa shape index (κ3) is 2.14. The van der Waals surface area contributed by atoms with Gasteiger partial charge in [0.25, 0.3) is 0 Å². The first-order valence-electron chi connectivity index (χ1n) is 5.53. The van der Waals surface area contributed by atoms with Gasteiger partial charge in [-0.05, 0) is 12.1 Å². The summed E-state index contributed by atoms with van der Waals surface area (Å²) < 4.78 is 51.8. The molecule has 0 aliphatic rings. The van der Waals surface area contributed by atoms with Crippen LogP contribution >= 0.6 is 11.3 Å². The van der Waals surface area contributed by atoms with Crippen LogP contribution in [0.1, 0.15) is 5.69 Å². The number of nitrogens with zero attached hydrogens (tertiary/aromatic N) is 2. The van der Waals surface area contributed by atoms with Gasteiger partial charge in [0.1, 0.15) is 10.8 Å². The highest BCUT2D eigenvalue weighted by molar-refractivity contribution is 7.13. The minimum atomic E-state index is -4.53. The van der Waals surface area contributed by atoms with E-state index in [0.717, 1.165) is 16.7 Å². The van der Waals surface area contributed by atoms with Gasteiger partial charge in [-0.1, -0.05) is 12.1 Å². The van der Waals surface area contributed by atoms with Crippen molar-refractivity contribution in [2.45, 2.75) is 6.18 Å². The molecule has 0 unspecified atom stereocenters. The molecule has 0 aliphatic heterocycles. The predicted octanol–water partition coefficient (Wildman–Crippen LogP) is 4.52. The second-order valence-electron chi connectivity index (χ2n) is 4.04. The number of pyridine rings is 1. The number of fused-ring (bicyclic) bond motifs is 1. The number of para-hydroxylation sites is 1. The van der Waals surface area contributed by atoms with Crippen LogP contribution in [0.2, 0.25) is 0 Å². The van der Waals surface area contributed by atoms with Crippen molar-refractivity contribution in [3.05, 3.63) is 47.4 Å². The van der Waals surface area contributed by atoms with Gasteiger partial charge in [-0.2, -0.15) is 13.2 Å². The van der Waals surface area contributed by atoms with Crippen molar-refractivity contribution in [1.82, 2.24) is 9.97 Å². The van der Waals surface area contributed by atoms with Crippen LogP contribution in [-0.4, -0.2) is 9.97 Å². The molecule has 0 radical (unpaired) electrons. The molecule has 0 fully saturated rings. The van der Waals surface area contributed by atoms with Crippen LogP contribution in [0.25, 0.3) is 21.5 Å². The van der Waals surface area contributed by atoms with Crippen molar-refractivity contribution >= 4 is 22.2 Å². The number of halogens is 4. The minimum Gasteiger partial charge on any atom is -0.255 e. The Morgan fingerprint density at radius 2 is 1.85 bits per heavy atom. The summed E-state index contributed by atoms with van der Waals surface area (Å²) in [6, 6.07) is 6.50. The van der Waals surface area contributed by atoms with Gasteiger partial charge in [0.05, 0.1) is 11.1 Å². The highest BCUT2D eigenvalue weighted by Gasteiger charge is 2.34. The normalized spacial score (nSPS) is 12.0. The average Bonchev–Trinajstić information content (AvgIpc) is 2.89. The Hall–Kier alpha value is -2.02. The Labute approximate surface area is 114 Å². The van der Waals surface area contributed by atoms with E-state index >= 15 is 0 Å². The van der Waals surface area contributed by atoms with Crippen molar-refractivity contribution in [3.8, 4) is 10.6 Å². The van der Waals surface area contributed by atoms with Gasteiger partial charge in [-0.25, -0.2) is 9.37 Å². The van der Waals surface area contributed by atoms with Crippen LogP contribution in [0, 0.1) is 5.82 Å². The Morgan fingerprint density at radius 1 is 1.10 bits per heavy atom. The molecule has 0 spiro atoms. The maximum atomic E-state index is 14.3. The van der Waals surface area contributed by atoms with E-state index in [9.17, 15) is 17.6 Å². The predicted molar refractivity (Wildman–Crippen MR) is 67.8 cm³/mol. The summed E-state index contributed by atoms with van der Waals surface area (Å²) in [5, 5.41) is 1.09. The van der Waals surface area contributed by atoms with E-state index in [1.807, 2.05) is 0 Å². The van der Waals surface area contributed by atoms with Crippen molar-refractivity contribution < 1.29 is 17.6 Å². The Bertz CT molecular complexity index is 779. The van der Waals surface area contributed by atoms with Gasteiger partial charge in [0.2, 0.25) is 0 Å². The van der Waals surface area contributed by atoms with E-state index in [1.54, 1.807) is 18.2 Å². The maximum Gasteiger partial charge on any atom is 0.434 e. The molecule has 0 bridgehead atoms. The molecule has 3 aromatic rings. The summed E-state index contributed by atoms with van der Waals surface area (Å²) in [7, 11) is 0.